The second-order valence-electron chi connectivity index (χ2n) is 10.5. The number of pyridine rings is 2. The molecule has 1 aliphatic rings. The molecule has 0 aliphatic heterocycles. The lowest BCUT2D eigenvalue weighted by molar-refractivity contribution is 0.477. The van der Waals surface area contributed by atoms with Crippen molar-refractivity contribution in [1.29, 1.82) is 0 Å². The topological polar surface area (TPSA) is 50.9 Å². The molecule has 4 heteroatoms. The van der Waals surface area contributed by atoms with Crippen molar-refractivity contribution in [3.63, 3.8) is 0 Å². The molecule has 0 saturated carbocycles. The first-order valence-electron chi connectivity index (χ1n) is 13.5. The first-order valence-corrected chi connectivity index (χ1v) is 13.5. The smallest absolute Gasteiger partial charge is 0.137 e. The van der Waals surface area contributed by atoms with E-state index in [1.165, 1.54) is 38.6 Å². The standard InChI is InChI=1S/C36H25N3O/c1-22-17-18-37-34(19-22)39-31-16-14-25-20-23-7-2-3-8-26(23)35(25)36(31)28-15-13-24(21-32(28)39)29-10-6-11-30(38-29)27-9-4-5-12-33(27)40/h2-19,21,40H,20H2,1H3. The highest BCUT2D eigenvalue weighted by atomic mass is 16.3. The zero-order chi connectivity index (χ0) is 26.8. The molecule has 8 rings (SSSR count). The lowest BCUT2D eigenvalue weighted by atomic mass is 9.98. The van der Waals surface area contributed by atoms with Gasteiger partial charge in [-0.15, -0.1) is 0 Å². The highest BCUT2D eigenvalue weighted by Gasteiger charge is 2.25. The van der Waals surface area contributed by atoms with Crippen molar-refractivity contribution in [3.05, 3.63) is 132 Å². The minimum absolute atomic E-state index is 0.224. The Bertz CT molecular complexity index is 2120. The fourth-order valence-corrected chi connectivity index (χ4v) is 6.21. The summed E-state index contributed by atoms with van der Waals surface area (Å²) in [5, 5.41) is 12.9. The van der Waals surface area contributed by atoms with Gasteiger partial charge >= 0.3 is 0 Å². The van der Waals surface area contributed by atoms with Crippen LogP contribution < -0.4 is 0 Å². The van der Waals surface area contributed by atoms with Crippen LogP contribution in [0.25, 0.3) is 61.3 Å². The van der Waals surface area contributed by atoms with Gasteiger partial charge in [0.2, 0.25) is 0 Å². The third-order valence-electron chi connectivity index (χ3n) is 8.04. The van der Waals surface area contributed by atoms with E-state index < -0.39 is 0 Å². The van der Waals surface area contributed by atoms with Gasteiger partial charge in [-0.25, -0.2) is 9.97 Å². The van der Waals surface area contributed by atoms with Gasteiger partial charge in [-0.05, 0) is 89.7 Å². The monoisotopic (exact) mass is 515 g/mol. The Morgan fingerprint density at radius 3 is 2.40 bits per heavy atom. The second-order valence-corrected chi connectivity index (χ2v) is 10.5. The molecule has 4 nitrogen and oxygen atoms in total. The number of para-hydroxylation sites is 1. The minimum Gasteiger partial charge on any atom is -0.507 e. The molecule has 0 radical (unpaired) electrons. The molecule has 0 unspecified atom stereocenters. The first-order chi connectivity index (χ1) is 19.7. The zero-order valence-electron chi connectivity index (χ0n) is 22.0. The molecule has 0 amide bonds. The second kappa shape index (κ2) is 8.65. The van der Waals surface area contributed by atoms with Crippen LogP contribution in [0.5, 0.6) is 5.75 Å². The number of nitrogens with zero attached hydrogens (tertiary/aromatic N) is 3. The van der Waals surface area contributed by atoms with E-state index in [-0.39, 0.29) is 5.75 Å². The third-order valence-corrected chi connectivity index (χ3v) is 8.04. The fraction of sp³-hybridized carbons (Fsp3) is 0.0556. The molecule has 0 fully saturated rings. The van der Waals surface area contributed by atoms with Crippen LogP contribution in [-0.4, -0.2) is 19.6 Å². The van der Waals surface area contributed by atoms with Gasteiger partial charge in [0.05, 0.1) is 22.4 Å². The van der Waals surface area contributed by atoms with Gasteiger partial charge in [0.15, 0.2) is 0 Å². The van der Waals surface area contributed by atoms with Crippen LogP contribution in [0.4, 0.5) is 0 Å². The van der Waals surface area contributed by atoms with Gasteiger partial charge in [-0.3, -0.25) is 4.57 Å². The summed E-state index contributed by atoms with van der Waals surface area (Å²) in [4.78, 5) is 9.76. The van der Waals surface area contributed by atoms with Crippen molar-refractivity contribution in [2.45, 2.75) is 13.3 Å². The van der Waals surface area contributed by atoms with Gasteiger partial charge < -0.3 is 5.11 Å². The van der Waals surface area contributed by atoms with E-state index >= 15 is 0 Å². The number of fused-ring (bicyclic) bond motifs is 7. The van der Waals surface area contributed by atoms with Gasteiger partial charge in [-0.2, -0.15) is 0 Å². The Kier molecular flexibility index (Phi) is 4.92. The summed E-state index contributed by atoms with van der Waals surface area (Å²) in [7, 11) is 0. The normalized spacial score (nSPS) is 12.1. The number of phenols is 1. The number of hydrogen-bond donors (Lipinski definition) is 1. The highest BCUT2D eigenvalue weighted by molar-refractivity contribution is 6.17. The maximum absolute atomic E-state index is 10.4. The van der Waals surface area contributed by atoms with Gasteiger partial charge in [-0.1, -0.05) is 60.7 Å². The molecule has 190 valence electrons. The zero-order valence-corrected chi connectivity index (χ0v) is 22.0. The molecule has 0 spiro atoms. The number of benzene rings is 4. The maximum Gasteiger partial charge on any atom is 0.137 e. The van der Waals surface area contributed by atoms with Crippen LogP contribution in [0.1, 0.15) is 16.7 Å². The summed E-state index contributed by atoms with van der Waals surface area (Å²) in [5.74, 6) is 1.13. The molecule has 7 aromatic rings. The van der Waals surface area contributed by atoms with Crippen LogP contribution in [0, 0.1) is 6.92 Å². The van der Waals surface area contributed by atoms with Gasteiger partial charge in [0.1, 0.15) is 11.6 Å². The van der Waals surface area contributed by atoms with Gasteiger partial charge in [0, 0.05) is 28.1 Å². The van der Waals surface area contributed by atoms with Crippen molar-refractivity contribution in [2.24, 2.45) is 0 Å². The SMILES string of the molecule is Cc1ccnc(-n2c3cc(-c4cccc(-c5ccccc5O)n4)ccc3c3c4c(ccc32)Cc2ccccc2-4)c1. The summed E-state index contributed by atoms with van der Waals surface area (Å²) >= 11 is 0. The number of aromatic nitrogens is 3. The van der Waals surface area contributed by atoms with Crippen LogP contribution in [-0.2, 0) is 6.42 Å². The molecule has 1 N–H and O–H groups in total. The predicted octanol–water partition coefficient (Wildman–Crippen LogP) is 8.49. The highest BCUT2D eigenvalue weighted by Crippen LogP contribution is 2.46. The summed E-state index contributed by atoms with van der Waals surface area (Å²) < 4.78 is 2.29. The van der Waals surface area contributed by atoms with Crippen LogP contribution in [0.2, 0.25) is 0 Å². The molecular weight excluding hydrogens is 490 g/mol. The quantitative estimate of drug-likeness (QED) is 0.257. The summed E-state index contributed by atoms with van der Waals surface area (Å²) in [6.07, 6.45) is 2.84. The average molecular weight is 516 g/mol. The van der Waals surface area contributed by atoms with E-state index in [0.29, 0.717) is 0 Å². The lowest BCUT2D eigenvalue weighted by Gasteiger charge is -2.10. The number of rotatable bonds is 3. The van der Waals surface area contributed by atoms with E-state index in [4.69, 9.17) is 9.97 Å². The molecule has 0 saturated heterocycles. The Labute approximate surface area is 231 Å². The van der Waals surface area contributed by atoms with E-state index in [9.17, 15) is 5.11 Å². The molecule has 40 heavy (non-hydrogen) atoms. The third kappa shape index (κ3) is 3.39. The van der Waals surface area contributed by atoms with Crippen molar-refractivity contribution < 1.29 is 5.11 Å². The van der Waals surface area contributed by atoms with Gasteiger partial charge in [0.25, 0.3) is 0 Å². The van der Waals surface area contributed by atoms with E-state index in [1.54, 1.807) is 6.07 Å². The molecule has 0 bridgehead atoms. The molecule has 4 aromatic carbocycles. The lowest BCUT2D eigenvalue weighted by Crippen LogP contribution is -1.98. The number of hydrogen-bond acceptors (Lipinski definition) is 3. The average Bonchev–Trinajstić information content (AvgIpc) is 3.52. The summed E-state index contributed by atoms with van der Waals surface area (Å²) in [6.45, 7) is 2.10. The molecule has 3 aromatic heterocycles. The van der Waals surface area contributed by atoms with E-state index in [2.05, 4.69) is 72.2 Å². The minimum atomic E-state index is 0.224. The van der Waals surface area contributed by atoms with Crippen LogP contribution in [0.3, 0.4) is 0 Å². The predicted molar refractivity (Wildman–Crippen MR) is 162 cm³/mol. The number of aromatic hydroxyl groups is 1. The summed E-state index contributed by atoms with van der Waals surface area (Å²) in [6, 6.07) is 37.4. The number of phenolic OH excluding ortho intramolecular Hbond substituents is 1. The van der Waals surface area contributed by atoms with Crippen LogP contribution >= 0.6 is 0 Å². The molecular formula is C36H25N3O. The maximum atomic E-state index is 10.4. The Morgan fingerprint density at radius 1 is 0.700 bits per heavy atom. The van der Waals surface area contributed by atoms with Crippen molar-refractivity contribution in [3.8, 4) is 45.2 Å². The largest absolute Gasteiger partial charge is 0.507 e. The van der Waals surface area contributed by atoms with Crippen LogP contribution in [0.15, 0.2) is 115 Å². The molecule has 0 atom stereocenters. The Morgan fingerprint density at radius 2 is 1.52 bits per heavy atom. The van der Waals surface area contributed by atoms with Crippen molar-refractivity contribution in [1.82, 2.24) is 14.5 Å². The molecule has 1 aliphatic carbocycles. The number of aryl methyl sites for hydroxylation is 1. The van der Waals surface area contributed by atoms with E-state index in [0.717, 1.165) is 45.8 Å². The van der Waals surface area contributed by atoms with Crippen molar-refractivity contribution >= 4 is 21.8 Å². The fourth-order valence-electron chi connectivity index (χ4n) is 6.21. The van der Waals surface area contributed by atoms with Crippen molar-refractivity contribution in [2.75, 3.05) is 0 Å². The van der Waals surface area contributed by atoms with E-state index in [1.807, 2.05) is 48.7 Å². The Hall–Kier alpha value is -5.22. The first kappa shape index (κ1) is 22.7. The Balaban J connectivity index is 1.41. The molecule has 3 heterocycles. The summed E-state index contributed by atoms with van der Waals surface area (Å²) in [5.41, 5.74) is 12.1.